The topological polar surface area (TPSA) is 126 Å². The highest BCUT2D eigenvalue weighted by Gasteiger charge is 2.18. The second kappa shape index (κ2) is 8.37. The first-order valence-corrected chi connectivity index (χ1v) is 11.9. The fourth-order valence-corrected chi connectivity index (χ4v) is 4.01. The van der Waals surface area contributed by atoms with E-state index >= 15 is 0 Å². The average molecular weight is 491 g/mol. The summed E-state index contributed by atoms with van der Waals surface area (Å²) in [4.78, 5) is 26.2. The molecule has 6 rings (SSSR count). The lowest BCUT2D eigenvalue weighted by Gasteiger charge is -2.23. The molecule has 6 aromatic rings. The Kier molecular flexibility index (Phi) is 5.11. The standard InChI is InChI=1S/C27H26N10/c1-15-13-37(14-30-15)21-8-9-29-25-23(21)33-26(34-25)24-22-20(35-36-24)7-6-19(32-22)17-10-18(12-28-11-17)31-16(2)27(3,4)5/h6-14,31H,2H2,1,3-5H3,(H,35,36)(H,29,33,34). The third-order valence-corrected chi connectivity index (χ3v) is 6.23. The van der Waals surface area contributed by atoms with Crippen LogP contribution in [0.25, 0.3) is 50.7 Å². The van der Waals surface area contributed by atoms with Gasteiger partial charge in [0.25, 0.3) is 0 Å². The second-order valence-corrected chi connectivity index (χ2v) is 10.0. The molecule has 0 atom stereocenters. The Labute approximate surface area is 213 Å². The molecule has 0 aliphatic carbocycles. The maximum Gasteiger partial charge on any atom is 0.180 e. The number of aryl methyl sites for hydroxylation is 1. The third-order valence-electron chi connectivity index (χ3n) is 6.23. The van der Waals surface area contributed by atoms with Crippen molar-refractivity contribution in [2.75, 3.05) is 5.32 Å². The predicted octanol–water partition coefficient (Wildman–Crippen LogP) is 5.42. The molecule has 184 valence electrons. The van der Waals surface area contributed by atoms with Crippen LogP contribution in [0.5, 0.6) is 0 Å². The number of hydrogen-bond acceptors (Lipinski definition) is 7. The van der Waals surface area contributed by atoms with Crippen molar-refractivity contribution in [1.82, 2.24) is 44.7 Å². The number of hydrogen-bond donors (Lipinski definition) is 3. The smallest absolute Gasteiger partial charge is 0.180 e. The van der Waals surface area contributed by atoms with Crippen molar-refractivity contribution in [3.8, 4) is 28.5 Å². The molecule has 0 amide bonds. The number of aromatic amines is 2. The fraction of sp³-hybridized carbons (Fsp3) is 0.185. The summed E-state index contributed by atoms with van der Waals surface area (Å²) in [6.07, 6.45) is 9.04. The summed E-state index contributed by atoms with van der Waals surface area (Å²) < 4.78 is 1.95. The van der Waals surface area contributed by atoms with Gasteiger partial charge in [0.15, 0.2) is 17.2 Å². The van der Waals surface area contributed by atoms with E-state index in [4.69, 9.17) is 9.97 Å². The summed E-state index contributed by atoms with van der Waals surface area (Å²) in [5.41, 5.74) is 8.70. The van der Waals surface area contributed by atoms with Crippen LogP contribution in [0.3, 0.4) is 0 Å². The lowest BCUT2D eigenvalue weighted by atomic mass is 9.93. The Hall–Kier alpha value is -4.86. The van der Waals surface area contributed by atoms with Crippen LogP contribution in [0.4, 0.5) is 5.69 Å². The largest absolute Gasteiger partial charge is 0.358 e. The zero-order valence-electron chi connectivity index (χ0n) is 21.0. The molecule has 0 unspecified atom stereocenters. The van der Waals surface area contributed by atoms with Crippen LogP contribution >= 0.6 is 0 Å². The Morgan fingerprint density at radius 3 is 2.73 bits per heavy atom. The molecule has 0 aliphatic heterocycles. The van der Waals surface area contributed by atoms with Crippen LogP contribution in [-0.2, 0) is 0 Å². The maximum atomic E-state index is 4.93. The van der Waals surface area contributed by atoms with Gasteiger partial charge in [-0.3, -0.25) is 10.1 Å². The number of H-pyrrole nitrogens is 2. The molecule has 0 fully saturated rings. The Bertz CT molecular complexity index is 1780. The minimum absolute atomic E-state index is 0.0726. The van der Waals surface area contributed by atoms with Crippen LogP contribution in [-0.4, -0.2) is 44.7 Å². The highest BCUT2D eigenvalue weighted by atomic mass is 15.2. The van der Waals surface area contributed by atoms with Gasteiger partial charge in [-0.25, -0.2) is 19.9 Å². The lowest BCUT2D eigenvalue weighted by molar-refractivity contribution is 0.509. The van der Waals surface area contributed by atoms with Crippen molar-refractivity contribution in [2.24, 2.45) is 5.41 Å². The van der Waals surface area contributed by atoms with E-state index in [9.17, 15) is 0 Å². The fourth-order valence-electron chi connectivity index (χ4n) is 4.01. The second-order valence-electron chi connectivity index (χ2n) is 10.0. The number of nitrogens with one attached hydrogen (secondary N) is 3. The normalized spacial score (nSPS) is 11.9. The Morgan fingerprint density at radius 2 is 1.95 bits per heavy atom. The number of allylic oxidation sites excluding steroid dienone is 1. The van der Waals surface area contributed by atoms with Crippen molar-refractivity contribution < 1.29 is 0 Å². The molecule has 10 nitrogen and oxygen atoms in total. The van der Waals surface area contributed by atoms with E-state index < -0.39 is 0 Å². The first kappa shape index (κ1) is 22.6. The molecule has 6 aromatic heterocycles. The molecule has 6 heterocycles. The van der Waals surface area contributed by atoms with Crippen molar-refractivity contribution in [2.45, 2.75) is 27.7 Å². The summed E-state index contributed by atoms with van der Waals surface area (Å²) in [5.74, 6) is 0.581. The number of aromatic nitrogens is 9. The van der Waals surface area contributed by atoms with Crippen LogP contribution < -0.4 is 5.32 Å². The lowest BCUT2D eigenvalue weighted by Crippen LogP contribution is -2.15. The van der Waals surface area contributed by atoms with Crippen LogP contribution in [0.2, 0.25) is 0 Å². The van der Waals surface area contributed by atoms with E-state index in [1.54, 1.807) is 24.9 Å². The number of imidazole rings is 2. The van der Waals surface area contributed by atoms with Crippen LogP contribution in [0.15, 0.2) is 67.7 Å². The van der Waals surface area contributed by atoms with Crippen molar-refractivity contribution in [3.63, 3.8) is 0 Å². The summed E-state index contributed by atoms with van der Waals surface area (Å²) in [6.45, 7) is 12.5. The van der Waals surface area contributed by atoms with Gasteiger partial charge < -0.3 is 14.9 Å². The van der Waals surface area contributed by atoms with Gasteiger partial charge in [-0.1, -0.05) is 27.4 Å². The van der Waals surface area contributed by atoms with Gasteiger partial charge in [0, 0.05) is 35.3 Å². The van der Waals surface area contributed by atoms with Crippen molar-refractivity contribution >= 4 is 27.9 Å². The van der Waals surface area contributed by atoms with Gasteiger partial charge >= 0.3 is 0 Å². The van der Waals surface area contributed by atoms with Gasteiger partial charge in [-0.05, 0) is 31.2 Å². The number of anilines is 1. The Balaban J connectivity index is 1.40. The van der Waals surface area contributed by atoms with Crippen LogP contribution in [0.1, 0.15) is 26.5 Å². The highest BCUT2D eigenvalue weighted by Crippen LogP contribution is 2.30. The molecular weight excluding hydrogens is 464 g/mol. The van der Waals surface area contributed by atoms with E-state index in [-0.39, 0.29) is 5.41 Å². The van der Waals surface area contributed by atoms with E-state index in [1.165, 1.54) is 0 Å². The molecule has 0 aliphatic rings. The van der Waals surface area contributed by atoms with E-state index in [0.29, 0.717) is 22.7 Å². The molecule has 0 spiro atoms. The molecule has 0 radical (unpaired) electrons. The molecule has 0 saturated carbocycles. The maximum absolute atomic E-state index is 4.93. The SMILES string of the molecule is C=C(Nc1cncc(-c2ccc3[nH]nc(-c4nc5nccc(-n6cnc(C)c6)c5[nH]4)c3n2)c1)C(C)(C)C. The van der Waals surface area contributed by atoms with E-state index in [2.05, 4.69) is 62.8 Å². The summed E-state index contributed by atoms with van der Waals surface area (Å²) in [7, 11) is 0. The molecule has 3 N–H and O–H groups in total. The number of nitrogens with zero attached hydrogens (tertiary/aromatic N) is 7. The minimum atomic E-state index is -0.0726. The first-order chi connectivity index (χ1) is 17.8. The summed E-state index contributed by atoms with van der Waals surface area (Å²) in [6, 6.07) is 7.85. The summed E-state index contributed by atoms with van der Waals surface area (Å²) in [5, 5.41) is 10.9. The number of rotatable bonds is 5. The molecular formula is C27H26N10. The predicted molar refractivity (Wildman–Crippen MR) is 144 cm³/mol. The molecule has 10 heteroatoms. The number of pyridine rings is 3. The number of fused-ring (bicyclic) bond motifs is 2. The molecule has 37 heavy (non-hydrogen) atoms. The van der Waals surface area contributed by atoms with Gasteiger partial charge in [-0.15, -0.1) is 0 Å². The molecule has 0 bridgehead atoms. The van der Waals surface area contributed by atoms with Crippen LogP contribution in [0, 0.1) is 12.3 Å². The zero-order chi connectivity index (χ0) is 25.7. The molecule has 0 saturated heterocycles. The van der Waals surface area contributed by atoms with Crippen molar-refractivity contribution in [3.05, 3.63) is 73.4 Å². The Morgan fingerprint density at radius 1 is 1.08 bits per heavy atom. The van der Waals surface area contributed by atoms with E-state index in [0.717, 1.165) is 45.1 Å². The summed E-state index contributed by atoms with van der Waals surface area (Å²) >= 11 is 0. The zero-order valence-corrected chi connectivity index (χ0v) is 21.0. The van der Waals surface area contributed by atoms with Gasteiger partial charge in [0.1, 0.15) is 11.0 Å². The average Bonchev–Trinajstić information content (AvgIpc) is 3.60. The van der Waals surface area contributed by atoms with Gasteiger partial charge in [-0.2, -0.15) is 5.10 Å². The van der Waals surface area contributed by atoms with Crippen molar-refractivity contribution in [1.29, 1.82) is 0 Å². The third kappa shape index (κ3) is 4.12. The first-order valence-electron chi connectivity index (χ1n) is 11.9. The highest BCUT2D eigenvalue weighted by molar-refractivity contribution is 5.92. The van der Waals surface area contributed by atoms with Gasteiger partial charge in [0.05, 0.1) is 40.8 Å². The molecule has 0 aromatic carbocycles. The van der Waals surface area contributed by atoms with E-state index in [1.807, 2.05) is 42.0 Å². The minimum Gasteiger partial charge on any atom is -0.358 e. The quantitative estimate of drug-likeness (QED) is 0.294. The monoisotopic (exact) mass is 490 g/mol. The van der Waals surface area contributed by atoms with Gasteiger partial charge in [0.2, 0.25) is 0 Å².